The fourth-order valence-corrected chi connectivity index (χ4v) is 10.5. The fraction of sp³-hybridized carbons (Fsp3) is 0.643. The topological polar surface area (TPSA) is 167 Å². The quantitative estimate of drug-likeness (QED) is 0.246. The Morgan fingerprint density at radius 2 is 1.86 bits per heavy atom. The molecule has 0 spiro atoms. The van der Waals surface area contributed by atoms with Crippen molar-refractivity contribution >= 4 is 44.4 Å². The van der Waals surface area contributed by atoms with Crippen molar-refractivity contribution in [3.8, 4) is 11.6 Å². The Kier molecular flexibility index (Phi) is 11.5. The first-order valence-electron chi connectivity index (χ1n) is 20.1. The van der Waals surface area contributed by atoms with Crippen LogP contribution in [0.4, 0.5) is 4.39 Å². The predicted octanol–water partition coefficient (Wildman–Crippen LogP) is 5.25. The van der Waals surface area contributed by atoms with Gasteiger partial charge in [0.25, 0.3) is 0 Å². The van der Waals surface area contributed by atoms with E-state index in [0.717, 1.165) is 11.8 Å². The zero-order valence-electron chi connectivity index (χ0n) is 33.2. The lowest BCUT2D eigenvalue weighted by atomic mass is 9.82. The average Bonchev–Trinajstić information content (AvgIpc) is 4.03. The van der Waals surface area contributed by atoms with Crippen LogP contribution in [-0.4, -0.2) is 97.9 Å². The molecule has 1 N–H and O–H groups in total. The number of fused-ring (bicyclic) bond motifs is 3. The number of esters is 1. The van der Waals surface area contributed by atoms with Crippen LogP contribution in [0.5, 0.6) is 11.6 Å². The number of amides is 2. The molecule has 4 fully saturated rings. The van der Waals surface area contributed by atoms with Crippen LogP contribution in [0.2, 0.25) is 0 Å². The van der Waals surface area contributed by atoms with Gasteiger partial charge in [0.2, 0.25) is 27.7 Å². The summed E-state index contributed by atoms with van der Waals surface area (Å²) in [6.45, 7) is 5.49. The molecule has 2 aliphatic carbocycles. The number of methoxy groups -OCH3 is 1. The fourth-order valence-electron chi connectivity index (χ4n) is 9.02. The van der Waals surface area contributed by atoms with Crippen LogP contribution in [0, 0.1) is 29.1 Å². The maximum atomic E-state index is 15.0. The number of allylic oxidation sites excluding steroid dienone is 2. The minimum Gasteiger partial charge on any atom is -0.494 e. The molecule has 1 unspecified atom stereocenters. The number of nitrogens with zero attached hydrogens (tertiary/aromatic N) is 2. The second-order valence-corrected chi connectivity index (χ2v) is 19.5. The number of halogens is 1. The smallest absolute Gasteiger partial charge is 0.307 e. The molecule has 7 rings (SSSR count). The van der Waals surface area contributed by atoms with Crippen molar-refractivity contribution in [2.45, 2.75) is 107 Å². The summed E-state index contributed by atoms with van der Waals surface area (Å²) in [6, 6.07) is 6.38. The van der Waals surface area contributed by atoms with Crippen LogP contribution in [0.3, 0.4) is 0 Å². The van der Waals surface area contributed by atoms with Gasteiger partial charge in [-0.05, 0) is 69.3 Å². The summed E-state index contributed by atoms with van der Waals surface area (Å²) < 4.78 is 64.3. The summed E-state index contributed by atoms with van der Waals surface area (Å²) in [5.74, 6) is -2.67. The highest BCUT2D eigenvalue weighted by Gasteiger charge is 2.63. The molecule has 2 amide bonds. The van der Waals surface area contributed by atoms with Crippen LogP contribution in [0.25, 0.3) is 10.8 Å². The van der Waals surface area contributed by atoms with Crippen LogP contribution >= 0.6 is 0 Å². The van der Waals surface area contributed by atoms with Gasteiger partial charge in [-0.1, -0.05) is 44.2 Å². The van der Waals surface area contributed by atoms with E-state index < -0.39 is 80.0 Å². The largest absolute Gasteiger partial charge is 0.494 e. The molecule has 57 heavy (non-hydrogen) atoms. The zero-order chi connectivity index (χ0) is 40.8. The third-order valence-corrected chi connectivity index (χ3v) is 15.1. The molecule has 4 heterocycles. The SMILES string of the molecule is COc1cnc(O[C@@H]2C[C@H]3C(=O)C[C@]4(C(=O)NS(=O)(=O)C5(CF)CC5)C[C@H]4/C=C\CC[C@@H](C)C[C@@H](C)[C@H](CC(=O)OC4(C)CCOC4)C(=O)N3C2)c2ccccc12. The van der Waals surface area contributed by atoms with Crippen LogP contribution in [0.15, 0.2) is 42.6 Å². The first kappa shape index (κ1) is 41.1. The number of pyridine rings is 1. The van der Waals surface area contributed by atoms with Gasteiger partial charge in [-0.25, -0.2) is 17.8 Å². The molecule has 1 aromatic heterocycles. The van der Waals surface area contributed by atoms with Crippen molar-refractivity contribution in [1.29, 1.82) is 0 Å². The highest BCUT2D eigenvalue weighted by molar-refractivity contribution is 7.91. The third-order valence-electron chi connectivity index (χ3n) is 13.0. The Labute approximate surface area is 333 Å². The lowest BCUT2D eigenvalue weighted by Crippen LogP contribution is -2.48. The first-order valence-corrected chi connectivity index (χ1v) is 21.6. The maximum absolute atomic E-state index is 15.0. The molecular formula is C42H54FN3O10S. The van der Waals surface area contributed by atoms with Crippen LogP contribution in [0.1, 0.15) is 85.0 Å². The number of hydrogen-bond acceptors (Lipinski definition) is 11. The van der Waals surface area contributed by atoms with Gasteiger partial charge in [0.15, 0.2) is 5.78 Å². The van der Waals surface area contributed by atoms with Crippen LogP contribution < -0.4 is 14.2 Å². The zero-order valence-corrected chi connectivity index (χ0v) is 34.0. The maximum Gasteiger partial charge on any atom is 0.307 e. The number of carbonyl (C=O) groups is 4. The van der Waals surface area contributed by atoms with E-state index in [9.17, 15) is 32.0 Å². The number of alkyl halides is 1. The standard InChI is InChI=1S/C42H54FN3O10S/c1-26-9-5-6-10-28-20-42(28,39(50)45-57(51,52)41(24-43)13-14-41)21-34(47)33-18-29(55-37-31-12-8-7-11-30(31)35(53-4)22-44-37)23-46(33)38(49)32(27(2)17-26)19-36(48)56-40(3)15-16-54-25-40/h6-8,10-12,22,26-29,32-33H,5,9,13-21,23-25H2,1-4H3,(H,45,50)/b10-6-/t26-,27-,28-,29-,32+,33+,40?,42-/m1/s1. The molecule has 0 bridgehead atoms. The Morgan fingerprint density at radius 3 is 2.54 bits per heavy atom. The van der Waals surface area contributed by atoms with Crippen molar-refractivity contribution in [2.24, 2.45) is 29.1 Å². The number of sulfonamides is 1. The number of aromatic nitrogens is 1. The Balaban J connectivity index is 1.22. The molecule has 2 aromatic rings. The van der Waals surface area contributed by atoms with Gasteiger partial charge >= 0.3 is 5.97 Å². The summed E-state index contributed by atoms with van der Waals surface area (Å²) >= 11 is 0. The van der Waals surface area contributed by atoms with Crippen molar-refractivity contribution in [2.75, 3.05) is 33.5 Å². The van der Waals surface area contributed by atoms with E-state index in [1.165, 1.54) is 4.90 Å². The summed E-state index contributed by atoms with van der Waals surface area (Å²) in [5, 5.41) is 1.45. The number of ether oxygens (including phenoxy) is 4. The molecular weight excluding hydrogens is 758 g/mol. The normalized spacial score (nSPS) is 33.3. The molecule has 1 aromatic carbocycles. The summed E-state index contributed by atoms with van der Waals surface area (Å²) in [7, 11) is -2.79. The number of rotatable bonds is 10. The minimum absolute atomic E-state index is 0.00653. The molecule has 3 aliphatic heterocycles. The van der Waals surface area contributed by atoms with Crippen molar-refractivity contribution in [3.05, 3.63) is 42.6 Å². The number of ketones is 1. The second kappa shape index (κ2) is 15.9. The van der Waals surface area contributed by atoms with Gasteiger partial charge in [-0.3, -0.25) is 23.9 Å². The van der Waals surface area contributed by atoms with Gasteiger partial charge in [-0.2, -0.15) is 0 Å². The van der Waals surface area contributed by atoms with E-state index in [1.54, 1.807) is 13.3 Å². The van der Waals surface area contributed by atoms with Crippen molar-refractivity contribution in [3.63, 3.8) is 0 Å². The van der Waals surface area contributed by atoms with E-state index in [1.807, 2.05) is 50.3 Å². The molecule has 8 atom stereocenters. The monoisotopic (exact) mass is 811 g/mol. The predicted molar refractivity (Wildman–Crippen MR) is 207 cm³/mol. The summed E-state index contributed by atoms with van der Waals surface area (Å²) in [4.78, 5) is 63.2. The molecule has 310 valence electrons. The van der Waals surface area contributed by atoms with E-state index in [4.69, 9.17) is 18.9 Å². The highest BCUT2D eigenvalue weighted by Crippen LogP contribution is 2.58. The number of hydrogen-bond donors (Lipinski definition) is 1. The summed E-state index contributed by atoms with van der Waals surface area (Å²) in [6.07, 6.45) is 7.30. The van der Waals surface area contributed by atoms with Gasteiger partial charge in [-0.15, -0.1) is 0 Å². The van der Waals surface area contributed by atoms with Gasteiger partial charge in [0.1, 0.15) is 28.9 Å². The molecule has 0 radical (unpaired) electrons. The molecule has 15 heteroatoms. The minimum atomic E-state index is -4.34. The number of nitrogens with one attached hydrogen (secondary N) is 1. The van der Waals surface area contributed by atoms with Gasteiger partial charge in [0, 0.05) is 30.0 Å². The van der Waals surface area contributed by atoms with E-state index >= 15 is 0 Å². The first-order chi connectivity index (χ1) is 27.1. The van der Waals surface area contributed by atoms with Crippen LogP contribution in [-0.2, 0) is 38.7 Å². The molecule has 13 nitrogen and oxygen atoms in total. The van der Waals surface area contributed by atoms with Gasteiger partial charge in [0.05, 0.1) is 56.9 Å². The van der Waals surface area contributed by atoms with Crippen molar-refractivity contribution in [1.82, 2.24) is 14.6 Å². The second-order valence-electron chi connectivity index (χ2n) is 17.4. The average molecular weight is 812 g/mol. The van der Waals surface area contributed by atoms with E-state index in [0.29, 0.717) is 42.9 Å². The Hall–Kier alpha value is -4.11. The van der Waals surface area contributed by atoms with Crippen molar-refractivity contribution < 1.29 is 50.9 Å². The van der Waals surface area contributed by atoms with E-state index in [2.05, 4.69) is 16.6 Å². The van der Waals surface area contributed by atoms with E-state index in [-0.39, 0.29) is 63.5 Å². The molecule has 5 aliphatic rings. The Bertz CT molecular complexity index is 2030. The Morgan fingerprint density at radius 1 is 1.11 bits per heavy atom. The molecule has 2 saturated carbocycles. The number of Topliss-reactive ketones (excluding diaryl/α,β-unsaturated/α-hetero) is 1. The number of carbonyl (C=O) groups excluding carboxylic acids is 4. The van der Waals surface area contributed by atoms with Gasteiger partial charge < -0.3 is 23.8 Å². The third kappa shape index (κ3) is 8.28. The summed E-state index contributed by atoms with van der Waals surface area (Å²) in [5.41, 5.74) is -2.19. The molecule has 2 saturated heterocycles. The lowest BCUT2D eigenvalue weighted by Gasteiger charge is -2.33. The highest BCUT2D eigenvalue weighted by atomic mass is 32.2. The number of benzene rings is 1. The lowest BCUT2D eigenvalue weighted by molar-refractivity contribution is -0.162.